The highest BCUT2D eigenvalue weighted by Gasteiger charge is 2.14. The van der Waals surface area contributed by atoms with Crippen LogP contribution in [0.1, 0.15) is 10.4 Å². The third kappa shape index (κ3) is 2.60. The number of benzene rings is 2. The summed E-state index contributed by atoms with van der Waals surface area (Å²) in [6, 6.07) is 13.1. The minimum absolute atomic E-state index is 0.0969. The van der Waals surface area contributed by atoms with Gasteiger partial charge in [-0.15, -0.1) is 0 Å². The Morgan fingerprint density at radius 3 is 2.39 bits per heavy atom. The second kappa shape index (κ2) is 5.23. The first-order chi connectivity index (χ1) is 8.70. The zero-order chi connectivity index (χ0) is 13.0. The maximum absolute atomic E-state index is 11.8. The Balaban J connectivity index is 2.19. The highest BCUT2D eigenvalue weighted by molar-refractivity contribution is 5.94. The number of carbonyl (C=O) groups is 1. The standard InChI is InChI=1S/C14H12O4/c1-17-11-7-8-12(13(15)9-11)14(16)18-10-5-3-2-4-6-10/h2-9,15H,1H3. The second-order valence-corrected chi connectivity index (χ2v) is 3.59. The van der Waals surface area contributed by atoms with Gasteiger partial charge in [0.05, 0.1) is 7.11 Å². The molecule has 0 radical (unpaired) electrons. The average Bonchev–Trinajstić information content (AvgIpc) is 2.39. The molecule has 0 aliphatic heterocycles. The zero-order valence-electron chi connectivity index (χ0n) is 9.79. The number of para-hydroxylation sites is 1. The molecule has 0 aliphatic rings. The van der Waals surface area contributed by atoms with E-state index in [0.717, 1.165) is 0 Å². The van der Waals surface area contributed by atoms with Gasteiger partial charge in [0, 0.05) is 6.07 Å². The predicted octanol–water partition coefficient (Wildman–Crippen LogP) is 2.62. The highest BCUT2D eigenvalue weighted by atomic mass is 16.5. The number of esters is 1. The van der Waals surface area contributed by atoms with E-state index in [-0.39, 0.29) is 11.3 Å². The number of ether oxygens (including phenoxy) is 2. The molecule has 4 heteroatoms. The van der Waals surface area contributed by atoms with Crippen molar-refractivity contribution in [2.45, 2.75) is 0 Å². The Labute approximate surface area is 104 Å². The Morgan fingerprint density at radius 1 is 1.06 bits per heavy atom. The summed E-state index contributed by atoms with van der Waals surface area (Å²) in [6.45, 7) is 0. The molecule has 0 saturated heterocycles. The fraction of sp³-hybridized carbons (Fsp3) is 0.0714. The normalized spacial score (nSPS) is 9.83. The minimum Gasteiger partial charge on any atom is -0.507 e. The Bertz CT molecular complexity index is 549. The van der Waals surface area contributed by atoms with Crippen LogP contribution in [0.5, 0.6) is 17.2 Å². The van der Waals surface area contributed by atoms with Crippen LogP contribution >= 0.6 is 0 Å². The minimum atomic E-state index is -0.610. The molecule has 0 aromatic heterocycles. The van der Waals surface area contributed by atoms with Crippen LogP contribution in [0, 0.1) is 0 Å². The summed E-state index contributed by atoms with van der Waals surface area (Å²) in [5.41, 5.74) is 0.0969. The predicted molar refractivity (Wildman–Crippen MR) is 66.1 cm³/mol. The van der Waals surface area contributed by atoms with E-state index >= 15 is 0 Å². The topological polar surface area (TPSA) is 55.8 Å². The molecule has 18 heavy (non-hydrogen) atoms. The molecule has 2 rings (SSSR count). The van der Waals surface area contributed by atoms with Crippen LogP contribution in [-0.2, 0) is 0 Å². The molecule has 0 aliphatic carbocycles. The molecule has 92 valence electrons. The first kappa shape index (κ1) is 12.0. The Kier molecular flexibility index (Phi) is 3.48. The van der Waals surface area contributed by atoms with E-state index in [9.17, 15) is 9.90 Å². The molecule has 4 nitrogen and oxygen atoms in total. The van der Waals surface area contributed by atoms with Crippen molar-refractivity contribution in [2.75, 3.05) is 7.11 Å². The summed E-state index contributed by atoms with van der Waals surface area (Å²) in [5.74, 6) is 0.123. The quantitative estimate of drug-likeness (QED) is 0.666. The largest absolute Gasteiger partial charge is 0.507 e. The van der Waals surface area contributed by atoms with E-state index in [1.807, 2.05) is 6.07 Å². The molecule has 0 fully saturated rings. The smallest absolute Gasteiger partial charge is 0.347 e. The fourth-order valence-corrected chi connectivity index (χ4v) is 1.46. The monoisotopic (exact) mass is 244 g/mol. The van der Waals surface area contributed by atoms with Gasteiger partial charge in [-0.25, -0.2) is 4.79 Å². The summed E-state index contributed by atoms with van der Waals surface area (Å²) in [4.78, 5) is 11.8. The number of hydrogen-bond acceptors (Lipinski definition) is 4. The van der Waals surface area contributed by atoms with Crippen molar-refractivity contribution >= 4 is 5.97 Å². The lowest BCUT2D eigenvalue weighted by atomic mass is 10.2. The summed E-state index contributed by atoms with van der Waals surface area (Å²) >= 11 is 0. The van der Waals surface area contributed by atoms with Gasteiger partial charge in [-0.3, -0.25) is 0 Å². The average molecular weight is 244 g/mol. The molecular weight excluding hydrogens is 232 g/mol. The number of hydrogen-bond donors (Lipinski definition) is 1. The SMILES string of the molecule is COc1ccc(C(=O)Oc2ccccc2)c(O)c1. The van der Waals surface area contributed by atoms with Crippen molar-refractivity contribution in [3.05, 3.63) is 54.1 Å². The number of phenolic OH excluding ortho intramolecular Hbond substituents is 1. The van der Waals surface area contributed by atoms with Gasteiger partial charge in [0.15, 0.2) is 0 Å². The van der Waals surface area contributed by atoms with E-state index in [1.54, 1.807) is 30.3 Å². The van der Waals surface area contributed by atoms with Crippen molar-refractivity contribution in [3.63, 3.8) is 0 Å². The maximum atomic E-state index is 11.8. The van der Waals surface area contributed by atoms with Crippen molar-refractivity contribution in [2.24, 2.45) is 0 Å². The molecular formula is C14H12O4. The van der Waals surface area contributed by atoms with Crippen LogP contribution in [-0.4, -0.2) is 18.2 Å². The summed E-state index contributed by atoms with van der Waals surface area (Å²) in [7, 11) is 1.48. The molecule has 0 unspecified atom stereocenters. The zero-order valence-corrected chi connectivity index (χ0v) is 9.79. The third-order valence-corrected chi connectivity index (χ3v) is 2.38. The summed E-state index contributed by atoms with van der Waals surface area (Å²) in [6.07, 6.45) is 0. The molecule has 0 saturated carbocycles. The molecule has 0 spiro atoms. The number of phenols is 1. The maximum Gasteiger partial charge on any atom is 0.347 e. The number of carbonyl (C=O) groups excluding carboxylic acids is 1. The van der Waals surface area contributed by atoms with Gasteiger partial charge in [-0.05, 0) is 24.3 Å². The lowest BCUT2D eigenvalue weighted by Crippen LogP contribution is -2.08. The number of aromatic hydroxyl groups is 1. The van der Waals surface area contributed by atoms with Gasteiger partial charge in [0.2, 0.25) is 0 Å². The fourth-order valence-electron chi connectivity index (χ4n) is 1.46. The van der Waals surface area contributed by atoms with Gasteiger partial charge in [-0.2, -0.15) is 0 Å². The van der Waals surface area contributed by atoms with E-state index in [2.05, 4.69) is 0 Å². The van der Waals surface area contributed by atoms with Crippen LogP contribution in [0.3, 0.4) is 0 Å². The molecule has 2 aromatic rings. The van der Waals surface area contributed by atoms with Crippen molar-refractivity contribution in [1.82, 2.24) is 0 Å². The van der Waals surface area contributed by atoms with Crippen molar-refractivity contribution < 1.29 is 19.4 Å². The highest BCUT2D eigenvalue weighted by Crippen LogP contribution is 2.24. The van der Waals surface area contributed by atoms with Crippen LogP contribution < -0.4 is 9.47 Å². The van der Waals surface area contributed by atoms with Crippen LogP contribution in [0.15, 0.2) is 48.5 Å². The lowest BCUT2D eigenvalue weighted by molar-refractivity contribution is 0.0731. The summed E-state index contributed by atoms with van der Waals surface area (Å²) in [5, 5.41) is 9.69. The first-order valence-corrected chi connectivity index (χ1v) is 5.35. The van der Waals surface area contributed by atoms with Crippen LogP contribution in [0.2, 0.25) is 0 Å². The van der Waals surface area contributed by atoms with E-state index < -0.39 is 5.97 Å². The third-order valence-electron chi connectivity index (χ3n) is 2.38. The lowest BCUT2D eigenvalue weighted by Gasteiger charge is -2.07. The molecule has 0 amide bonds. The molecule has 0 atom stereocenters. The Morgan fingerprint density at radius 2 is 1.78 bits per heavy atom. The van der Waals surface area contributed by atoms with Crippen molar-refractivity contribution in [1.29, 1.82) is 0 Å². The Hall–Kier alpha value is -2.49. The van der Waals surface area contributed by atoms with Gasteiger partial charge in [-0.1, -0.05) is 18.2 Å². The molecule has 0 heterocycles. The van der Waals surface area contributed by atoms with Gasteiger partial charge in [0.25, 0.3) is 0 Å². The number of rotatable bonds is 3. The van der Waals surface area contributed by atoms with E-state index in [4.69, 9.17) is 9.47 Å². The molecule has 1 N–H and O–H groups in total. The molecule has 0 bridgehead atoms. The number of methoxy groups -OCH3 is 1. The second-order valence-electron chi connectivity index (χ2n) is 3.59. The van der Waals surface area contributed by atoms with Gasteiger partial charge < -0.3 is 14.6 Å². The first-order valence-electron chi connectivity index (χ1n) is 5.35. The van der Waals surface area contributed by atoms with E-state index in [1.165, 1.54) is 19.2 Å². The van der Waals surface area contributed by atoms with Crippen molar-refractivity contribution in [3.8, 4) is 17.2 Å². The van der Waals surface area contributed by atoms with Crippen LogP contribution in [0.25, 0.3) is 0 Å². The van der Waals surface area contributed by atoms with Gasteiger partial charge >= 0.3 is 5.97 Å². The van der Waals surface area contributed by atoms with Gasteiger partial charge in [0.1, 0.15) is 22.8 Å². The summed E-state index contributed by atoms with van der Waals surface area (Å²) < 4.78 is 10.1. The van der Waals surface area contributed by atoms with Crippen LogP contribution in [0.4, 0.5) is 0 Å². The molecule has 2 aromatic carbocycles. The van der Waals surface area contributed by atoms with E-state index in [0.29, 0.717) is 11.5 Å².